The molecule has 1 amide bonds. The largest absolute Gasteiger partial charge is 0.480 e. The van der Waals surface area contributed by atoms with Crippen molar-refractivity contribution >= 4 is 28.5 Å². The van der Waals surface area contributed by atoms with Gasteiger partial charge in [0.2, 0.25) is 0 Å². The van der Waals surface area contributed by atoms with E-state index in [0.717, 1.165) is 4.68 Å². The van der Waals surface area contributed by atoms with E-state index >= 15 is 0 Å². The van der Waals surface area contributed by atoms with Gasteiger partial charge < -0.3 is 10.4 Å². The topological polar surface area (TPSA) is 84.2 Å². The molecule has 0 aliphatic carbocycles. The van der Waals surface area contributed by atoms with Crippen molar-refractivity contribution < 1.29 is 27.9 Å². The van der Waals surface area contributed by atoms with Crippen LogP contribution in [0.15, 0.2) is 24.4 Å². The van der Waals surface area contributed by atoms with Gasteiger partial charge in [0, 0.05) is 11.1 Å². The molecule has 2 N–H and O–H groups in total. The number of alkyl halides is 3. The molecule has 0 spiro atoms. The maximum Gasteiger partial charge on any atom is 0.471 e. The highest BCUT2D eigenvalue weighted by Crippen LogP contribution is 2.22. The van der Waals surface area contributed by atoms with Crippen LogP contribution in [0.5, 0.6) is 0 Å². The summed E-state index contributed by atoms with van der Waals surface area (Å²) in [6.45, 7) is -0.430. The van der Waals surface area contributed by atoms with Crippen molar-refractivity contribution in [3.63, 3.8) is 0 Å². The number of anilines is 1. The summed E-state index contributed by atoms with van der Waals surface area (Å²) in [7, 11) is 0. The molecule has 1 aromatic carbocycles. The molecule has 2 rings (SSSR count). The van der Waals surface area contributed by atoms with Crippen LogP contribution in [0.4, 0.5) is 18.9 Å². The van der Waals surface area contributed by atoms with Crippen LogP contribution in [0.25, 0.3) is 10.9 Å². The molecule has 0 bridgehead atoms. The minimum atomic E-state index is -4.99. The number of amides is 1. The lowest BCUT2D eigenvalue weighted by molar-refractivity contribution is -0.167. The number of carbonyl (C=O) groups excluding carboxylic acids is 1. The minimum Gasteiger partial charge on any atom is -0.480 e. The van der Waals surface area contributed by atoms with Gasteiger partial charge in [0.05, 0.1) is 11.7 Å². The number of fused-ring (bicyclic) bond motifs is 1. The van der Waals surface area contributed by atoms with Gasteiger partial charge in [0.1, 0.15) is 6.54 Å². The van der Waals surface area contributed by atoms with E-state index in [2.05, 4.69) is 5.10 Å². The molecule has 0 saturated carbocycles. The number of carboxylic acids is 1. The minimum absolute atomic E-state index is 0.0908. The summed E-state index contributed by atoms with van der Waals surface area (Å²) in [5, 5.41) is 14.7. The van der Waals surface area contributed by atoms with Crippen LogP contribution in [0, 0.1) is 0 Å². The van der Waals surface area contributed by atoms with Gasteiger partial charge in [-0.25, -0.2) is 0 Å². The highest BCUT2D eigenvalue weighted by molar-refractivity contribution is 5.96. The number of aliphatic carboxylic acids is 1. The fourth-order valence-corrected chi connectivity index (χ4v) is 1.60. The Morgan fingerprint density at radius 1 is 1.35 bits per heavy atom. The molecule has 0 saturated heterocycles. The van der Waals surface area contributed by atoms with E-state index in [4.69, 9.17) is 5.11 Å². The zero-order valence-electron chi connectivity index (χ0n) is 9.81. The Morgan fingerprint density at radius 3 is 2.65 bits per heavy atom. The lowest BCUT2D eigenvalue weighted by Gasteiger charge is -2.08. The summed E-state index contributed by atoms with van der Waals surface area (Å²) >= 11 is 0. The van der Waals surface area contributed by atoms with Gasteiger partial charge >= 0.3 is 18.1 Å². The molecule has 0 aliphatic rings. The molecule has 0 unspecified atom stereocenters. The first-order valence-electron chi connectivity index (χ1n) is 5.33. The number of benzene rings is 1. The predicted molar refractivity (Wildman–Crippen MR) is 62.1 cm³/mol. The molecular weight excluding hydrogens is 279 g/mol. The van der Waals surface area contributed by atoms with E-state index in [1.807, 2.05) is 0 Å². The summed E-state index contributed by atoms with van der Waals surface area (Å²) in [6.07, 6.45) is -3.61. The van der Waals surface area contributed by atoms with E-state index in [9.17, 15) is 22.8 Å². The molecular formula is C11H8F3N3O3. The smallest absolute Gasteiger partial charge is 0.471 e. The van der Waals surface area contributed by atoms with Gasteiger partial charge in [0.15, 0.2) is 0 Å². The average molecular weight is 287 g/mol. The van der Waals surface area contributed by atoms with Gasteiger partial charge in [-0.2, -0.15) is 18.3 Å². The van der Waals surface area contributed by atoms with Gasteiger partial charge in [-0.1, -0.05) is 0 Å². The number of halogens is 3. The lowest BCUT2D eigenvalue weighted by atomic mass is 10.2. The Bertz CT molecular complexity index is 678. The molecule has 106 valence electrons. The number of hydrogen-bond donors (Lipinski definition) is 2. The standard InChI is InChI=1S/C11H8F3N3O3/c12-11(13,14)10(20)16-7-2-1-6-4-15-17(5-9(18)19)8(6)3-7/h1-4H,5H2,(H,16,20)(H,18,19). The Morgan fingerprint density at radius 2 is 2.05 bits per heavy atom. The van der Waals surface area contributed by atoms with Crippen LogP contribution in [-0.4, -0.2) is 32.9 Å². The zero-order chi connectivity index (χ0) is 14.9. The van der Waals surface area contributed by atoms with Gasteiger partial charge in [-0.15, -0.1) is 0 Å². The van der Waals surface area contributed by atoms with Crippen LogP contribution >= 0.6 is 0 Å². The second-order valence-corrected chi connectivity index (χ2v) is 3.92. The Labute approximate surface area is 109 Å². The van der Waals surface area contributed by atoms with Crippen LogP contribution in [0.3, 0.4) is 0 Å². The Kier molecular flexibility index (Phi) is 3.35. The molecule has 9 heteroatoms. The maximum absolute atomic E-state index is 12.1. The SMILES string of the molecule is O=C(O)Cn1ncc2ccc(NC(=O)C(F)(F)F)cc21. The first kappa shape index (κ1) is 13.8. The monoisotopic (exact) mass is 287 g/mol. The fourth-order valence-electron chi connectivity index (χ4n) is 1.60. The lowest BCUT2D eigenvalue weighted by Crippen LogP contribution is -2.29. The molecule has 6 nitrogen and oxygen atoms in total. The Hall–Kier alpha value is -2.58. The summed E-state index contributed by atoms with van der Waals surface area (Å²) in [6, 6.07) is 3.94. The Balaban J connectivity index is 2.32. The third kappa shape index (κ3) is 2.87. The molecule has 1 aromatic heterocycles. The van der Waals surface area contributed by atoms with E-state index < -0.39 is 24.6 Å². The molecule has 0 aliphatic heterocycles. The number of rotatable bonds is 3. The number of nitrogens with one attached hydrogen (secondary N) is 1. The number of carbonyl (C=O) groups is 2. The van der Waals surface area contributed by atoms with Crippen LogP contribution in [-0.2, 0) is 16.1 Å². The van der Waals surface area contributed by atoms with Crippen molar-refractivity contribution in [2.24, 2.45) is 0 Å². The molecule has 20 heavy (non-hydrogen) atoms. The fraction of sp³-hybridized carbons (Fsp3) is 0.182. The molecule has 0 atom stereocenters. The molecule has 2 aromatic rings. The molecule has 1 heterocycles. The summed E-state index contributed by atoms with van der Waals surface area (Å²) < 4.78 is 37.5. The highest BCUT2D eigenvalue weighted by atomic mass is 19.4. The van der Waals surface area contributed by atoms with Gasteiger partial charge in [-0.05, 0) is 18.2 Å². The number of hydrogen-bond acceptors (Lipinski definition) is 3. The van der Waals surface area contributed by atoms with Crippen LogP contribution < -0.4 is 5.32 Å². The van der Waals surface area contributed by atoms with Crippen molar-refractivity contribution in [1.29, 1.82) is 0 Å². The van der Waals surface area contributed by atoms with E-state index in [1.165, 1.54) is 24.4 Å². The first-order chi connectivity index (χ1) is 9.27. The second-order valence-electron chi connectivity index (χ2n) is 3.92. The summed E-state index contributed by atoms with van der Waals surface area (Å²) in [5.74, 6) is -3.24. The maximum atomic E-state index is 12.1. The van der Waals surface area contributed by atoms with Gasteiger partial charge in [-0.3, -0.25) is 14.3 Å². The number of aromatic nitrogens is 2. The van der Waals surface area contributed by atoms with Crippen LogP contribution in [0.1, 0.15) is 0 Å². The van der Waals surface area contributed by atoms with E-state index in [0.29, 0.717) is 10.9 Å². The normalized spacial score (nSPS) is 11.6. The van der Waals surface area contributed by atoms with Crippen molar-refractivity contribution in [3.05, 3.63) is 24.4 Å². The number of nitrogens with zero attached hydrogens (tertiary/aromatic N) is 2. The number of carboxylic acid groups (broad SMARTS) is 1. The van der Waals surface area contributed by atoms with Crippen molar-refractivity contribution in [2.75, 3.05) is 5.32 Å². The third-order valence-electron chi connectivity index (χ3n) is 2.45. The predicted octanol–water partition coefficient (Wildman–Crippen LogP) is 1.62. The molecule has 0 radical (unpaired) electrons. The zero-order valence-corrected chi connectivity index (χ0v) is 9.81. The van der Waals surface area contributed by atoms with Crippen molar-refractivity contribution in [2.45, 2.75) is 12.7 Å². The van der Waals surface area contributed by atoms with Crippen molar-refractivity contribution in [3.8, 4) is 0 Å². The van der Waals surface area contributed by atoms with E-state index in [1.54, 1.807) is 5.32 Å². The average Bonchev–Trinajstić information content (AvgIpc) is 2.70. The highest BCUT2D eigenvalue weighted by Gasteiger charge is 2.38. The summed E-state index contributed by atoms with van der Waals surface area (Å²) in [5.41, 5.74) is 0.222. The van der Waals surface area contributed by atoms with Crippen molar-refractivity contribution in [1.82, 2.24) is 9.78 Å². The van der Waals surface area contributed by atoms with Gasteiger partial charge in [0.25, 0.3) is 0 Å². The molecule has 0 fully saturated rings. The van der Waals surface area contributed by atoms with E-state index in [-0.39, 0.29) is 5.69 Å². The second kappa shape index (κ2) is 4.83. The quantitative estimate of drug-likeness (QED) is 0.898. The third-order valence-corrected chi connectivity index (χ3v) is 2.45. The van der Waals surface area contributed by atoms with Crippen LogP contribution in [0.2, 0.25) is 0 Å². The first-order valence-corrected chi connectivity index (χ1v) is 5.33. The summed E-state index contributed by atoms with van der Waals surface area (Å²) in [4.78, 5) is 21.4.